The second-order valence-electron chi connectivity index (χ2n) is 15.7. The van der Waals surface area contributed by atoms with Crippen molar-refractivity contribution in [2.45, 2.75) is 52.4 Å². The van der Waals surface area contributed by atoms with E-state index in [1.165, 1.54) is 11.1 Å². The summed E-state index contributed by atoms with van der Waals surface area (Å²) in [5, 5.41) is 22.3. The van der Waals surface area contributed by atoms with Gasteiger partial charge in [-0.05, 0) is 94.8 Å². The Labute approximate surface area is 385 Å². The Morgan fingerprint density at radius 3 is 1.56 bits per heavy atom. The number of nitrogens with zero attached hydrogens (tertiary/aromatic N) is 2. The molecule has 0 bridgehead atoms. The summed E-state index contributed by atoms with van der Waals surface area (Å²) in [6.45, 7) is 6.52. The summed E-state index contributed by atoms with van der Waals surface area (Å²) in [4.78, 5) is 25.4. The third kappa shape index (κ3) is 11.8. The lowest BCUT2D eigenvalue weighted by Crippen LogP contribution is -2.15. The molecule has 4 N–H and O–H groups in total. The third-order valence-electron chi connectivity index (χ3n) is 10.9. The van der Waals surface area contributed by atoms with E-state index in [1.54, 1.807) is 0 Å². The fraction of sp³-hybridized carbons (Fsp3) is 0.222. The summed E-state index contributed by atoms with van der Waals surface area (Å²) in [6, 6.07) is 44.0. The highest BCUT2D eigenvalue weighted by Crippen LogP contribution is 2.32. The number of anilines is 2. The Hall–Kier alpha value is -7.86. The van der Waals surface area contributed by atoms with Crippen molar-refractivity contribution < 1.29 is 30.0 Å². The molecule has 12 heteroatoms. The van der Waals surface area contributed by atoms with Gasteiger partial charge in [0.1, 0.15) is 0 Å². The summed E-state index contributed by atoms with van der Waals surface area (Å²) < 4.78 is 22.8. The highest BCUT2D eigenvalue weighted by molar-refractivity contribution is 6.02. The Morgan fingerprint density at radius 2 is 0.985 bits per heavy atom. The van der Waals surface area contributed by atoms with Gasteiger partial charge in [0.25, 0.3) is 0 Å². The number of aromatic amines is 2. The number of amides is 2. The minimum atomic E-state index is -0.141. The molecular formula is C54H56N6O6. The number of carbonyl (C=O) groups is 2. The summed E-state index contributed by atoms with van der Waals surface area (Å²) in [5.41, 5.74) is 8.18. The topological polar surface area (TPSA) is 152 Å². The molecule has 0 radical (unpaired) electrons. The smallest absolute Gasteiger partial charge is 0.230 e. The van der Waals surface area contributed by atoms with Gasteiger partial charge in [-0.2, -0.15) is 10.2 Å². The molecule has 338 valence electrons. The van der Waals surface area contributed by atoms with E-state index in [4.69, 9.17) is 18.9 Å². The molecule has 10 rings (SSSR count). The number of hydrogen-bond acceptors (Lipinski definition) is 8. The molecule has 0 saturated heterocycles. The van der Waals surface area contributed by atoms with Crippen LogP contribution in [-0.2, 0) is 35.3 Å². The van der Waals surface area contributed by atoms with Crippen LogP contribution >= 0.6 is 0 Å². The number of H-pyrrole nitrogens is 2. The van der Waals surface area contributed by atoms with E-state index in [-0.39, 0.29) is 26.1 Å². The Kier molecular flexibility index (Phi) is 15.0. The van der Waals surface area contributed by atoms with Crippen LogP contribution in [0.25, 0.3) is 34.0 Å². The first-order chi connectivity index (χ1) is 32.5. The number of ether oxygens (including phenoxy) is 4. The molecule has 8 aromatic rings. The highest BCUT2D eigenvalue weighted by Gasteiger charge is 2.17. The van der Waals surface area contributed by atoms with Gasteiger partial charge in [-0.15, -0.1) is 0 Å². The first-order valence-corrected chi connectivity index (χ1v) is 22.6. The van der Waals surface area contributed by atoms with Gasteiger partial charge in [-0.1, -0.05) is 111 Å². The number of fused-ring (bicyclic) bond motifs is 4. The van der Waals surface area contributed by atoms with Gasteiger partial charge >= 0.3 is 0 Å². The van der Waals surface area contributed by atoms with Gasteiger partial charge in [0, 0.05) is 25.0 Å². The fourth-order valence-electron chi connectivity index (χ4n) is 7.59. The Balaban J connectivity index is 0.000000189. The van der Waals surface area contributed by atoms with Crippen LogP contribution in [0.15, 0.2) is 133 Å². The molecule has 0 unspecified atom stereocenters. The molecule has 0 aliphatic carbocycles. The Morgan fingerprint density at radius 1 is 0.515 bits per heavy atom. The monoisotopic (exact) mass is 884 g/mol. The zero-order valence-corrected chi connectivity index (χ0v) is 37.3. The minimum Gasteiger partial charge on any atom is -0.490 e. The van der Waals surface area contributed by atoms with Gasteiger partial charge in [0.05, 0.1) is 50.3 Å². The van der Waals surface area contributed by atoms with E-state index in [0.29, 0.717) is 49.6 Å². The third-order valence-corrected chi connectivity index (χ3v) is 10.9. The molecule has 0 fully saturated rings. The van der Waals surface area contributed by atoms with E-state index in [0.717, 1.165) is 81.2 Å². The maximum Gasteiger partial charge on any atom is 0.230 e. The van der Waals surface area contributed by atoms with Crippen molar-refractivity contribution in [3.8, 4) is 23.0 Å². The Bertz CT molecular complexity index is 2920. The molecule has 66 heavy (non-hydrogen) atoms. The van der Waals surface area contributed by atoms with Crippen LogP contribution in [0.3, 0.4) is 0 Å². The molecule has 0 saturated carbocycles. The van der Waals surface area contributed by atoms with Gasteiger partial charge in [-0.3, -0.25) is 19.8 Å². The van der Waals surface area contributed by atoms with Crippen LogP contribution < -0.4 is 29.6 Å². The summed E-state index contributed by atoms with van der Waals surface area (Å²) in [5.74, 6) is 3.65. The van der Waals surface area contributed by atoms with Crippen molar-refractivity contribution in [1.82, 2.24) is 20.4 Å². The molecule has 0 atom stereocenters. The molecule has 2 aliphatic heterocycles. The first-order valence-electron chi connectivity index (χ1n) is 22.6. The predicted octanol–water partition coefficient (Wildman–Crippen LogP) is 11.0. The van der Waals surface area contributed by atoms with Gasteiger partial charge in [0.15, 0.2) is 34.6 Å². The van der Waals surface area contributed by atoms with Crippen LogP contribution in [0.5, 0.6) is 23.0 Å². The van der Waals surface area contributed by atoms with Crippen LogP contribution in [0.2, 0.25) is 0 Å². The van der Waals surface area contributed by atoms with Crippen molar-refractivity contribution in [3.63, 3.8) is 0 Å². The van der Waals surface area contributed by atoms with Crippen LogP contribution in [-0.4, -0.2) is 58.6 Å². The van der Waals surface area contributed by atoms with Gasteiger partial charge in [-0.25, -0.2) is 0 Å². The molecular weight excluding hydrogens is 829 g/mol. The largest absolute Gasteiger partial charge is 0.490 e. The van der Waals surface area contributed by atoms with Crippen LogP contribution in [0.1, 0.15) is 61.5 Å². The van der Waals surface area contributed by atoms with E-state index >= 15 is 0 Å². The number of hydrogen-bond donors (Lipinski definition) is 4. The lowest BCUT2D eigenvalue weighted by Gasteiger charge is -2.09. The van der Waals surface area contributed by atoms with Crippen molar-refractivity contribution in [2.24, 2.45) is 0 Å². The zero-order chi connectivity index (χ0) is 45.5. The van der Waals surface area contributed by atoms with Crippen molar-refractivity contribution in [1.29, 1.82) is 0 Å². The van der Waals surface area contributed by atoms with E-state index in [9.17, 15) is 9.59 Å². The maximum atomic E-state index is 12.7. The lowest BCUT2D eigenvalue weighted by atomic mass is 10.0. The number of aryl methyl sites for hydroxylation is 2. The number of benzene rings is 6. The maximum absolute atomic E-state index is 12.7. The van der Waals surface area contributed by atoms with Crippen molar-refractivity contribution >= 4 is 57.4 Å². The van der Waals surface area contributed by atoms with Crippen molar-refractivity contribution in [2.75, 3.05) is 37.1 Å². The van der Waals surface area contributed by atoms with Crippen LogP contribution in [0, 0.1) is 0 Å². The van der Waals surface area contributed by atoms with Crippen molar-refractivity contribution in [3.05, 3.63) is 167 Å². The van der Waals surface area contributed by atoms with E-state index in [1.807, 2.05) is 105 Å². The number of rotatable bonds is 11. The average Bonchev–Trinajstić information content (AvgIpc) is 3.73. The number of aromatic nitrogens is 4. The quantitative estimate of drug-likeness (QED) is 0.0937. The summed E-state index contributed by atoms with van der Waals surface area (Å²) >= 11 is 0. The van der Waals surface area contributed by atoms with Crippen LogP contribution in [0.4, 0.5) is 11.6 Å². The summed E-state index contributed by atoms with van der Waals surface area (Å²) in [7, 11) is 0. The normalized spacial score (nSPS) is 12.8. The molecule has 4 heterocycles. The molecule has 2 aliphatic rings. The highest BCUT2D eigenvalue weighted by atomic mass is 16.5. The second-order valence-corrected chi connectivity index (χ2v) is 15.7. The first kappa shape index (κ1) is 44.7. The molecule has 6 aromatic carbocycles. The minimum absolute atomic E-state index is 0. The van der Waals surface area contributed by atoms with E-state index < -0.39 is 0 Å². The second kappa shape index (κ2) is 22.2. The molecule has 0 spiro atoms. The van der Waals surface area contributed by atoms with Gasteiger partial charge in [0.2, 0.25) is 11.8 Å². The lowest BCUT2D eigenvalue weighted by molar-refractivity contribution is -0.116. The molecule has 12 nitrogen and oxygen atoms in total. The number of nitrogens with one attached hydrogen (secondary N) is 4. The predicted molar refractivity (Wildman–Crippen MR) is 264 cm³/mol. The molecule has 2 aromatic heterocycles. The SMILES string of the molecule is CC.O=C(Cc1ccc2c(c1)OCCCO2)Nc1n[nH]c2ccc(/C=C/c3ccccc3)cc12.O=C(Cc1ccc2c(c1)OCCCO2)Nc1n[nH]c2ccc(CCc3ccccc3)cc12.[HH]. The van der Waals surface area contributed by atoms with Gasteiger partial charge < -0.3 is 29.6 Å². The number of carbonyl (C=O) groups excluding carboxylic acids is 2. The molecule has 2 amide bonds. The van der Waals surface area contributed by atoms with E-state index in [2.05, 4.69) is 85.6 Å². The fourth-order valence-corrected chi connectivity index (χ4v) is 7.59. The average molecular weight is 885 g/mol. The zero-order valence-electron chi connectivity index (χ0n) is 37.3. The standard InChI is InChI=1S/C26H25N3O3.C26H23N3O3.C2H6.H2/c2*30-25(17-20-10-12-23-24(16-20)32-14-4-13-31-23)27-26-21-15-19(9-11-22(21)28-29-26)8-7-18-5-2-1-3-6-18;1-2;/h1-3,5-6,9-12,15-16H,4,7-8,13-14,17H2,(H2,27,28,29,30);1-3,5-12,15-16H,4,13-14,17H2,(H2,27,28,29,30);1-2H3;1H/b;8-7+;;. The summed E-state index contributed by atoms with van der Waals surface area (Å²) in [6.07, 6.45) is 8.15.